The van der Waals surface area contributed by atoms with Crippen molar-refractivity contribution in [2.75, 3.05) is 6.54 Å². The van der Waals surface area contributed by atoms with Gasteiger partial charge in [0.2, 0.25) is 0 Å². The Balaban J connectivity index is 1.26. The van der Waals surface area contributed by atoms with Gasteiger partial charge < -0.3 is 10.1 Å². The van der Waals surface area contributed by atoms with Crippen molar-refractivity contribution >= 4 is 0 Å². The average molecular weight is 263 g/mol. The second-order valence-corrected chi connectivity index (χ2v) is 7.71. The van der Waals surface area contributed by atoms with Crippen molar-refractivity contribution < 1.29 is 4.74 Å². The molecule has 0 radical (unpaired) electrons. The van der Waals surface area contributed by atoms with Crippen LogP contribution < -0.4 is 5.32 Å². The molecule has 1 aliphatic heterocycles. The molecule has 3 saturated carbocycles. The van der Waals surface area contributed by atoms with Crippen molar-refractivity contribution in [2.24, 2.45) is 11.8 Å². The Morgan fingerprint density at radius 2 is 1.84 bits per heavy atom. The molecule has 4 unspecified atom stereocenters. The van der Waals surface area contributed by atoms with Crippen molar-refractivity contribution in [2.45, 2.75) is 88.4 Å². The van der Waals surface area contributed by atoms with Crippen LogP contribution >= 0.6 is 0 Å². The monoisotopic (exact) mass is 263 g/mol. The Bertz CT molecular complexity index is 323. The van der Waals surface area contributed by atoms with E-state index in [1.807, 2.05) is 0 Å². The van der Waals surface area contributed by atoms with Crippen LogP contribution in [0.5, 0.6) is 0 Å². The van der Waals surface area contributed by atoms with E-state index < -0.39 is 0 Å². The van der Waals surface area contributed by atoms with Crippen LogP contribution in [0.2, 0.25) is 0 Å². The van der Waals surface area contributed by atoms with Crippen molar-refractivity contribution in [1.82, 2.24) is 5.32 Å². The molecule has 0 aromatic heterocycles. The molecule has 1 saturated heterocycles. The summed E-state index contributed by atoms with van der Waals surface area (Å²) in [4.78, 5) is 0. The summed E-state index contributed by atoms with van der Waals surface area (Å²) in [6.07, 6.45) is 16.0. The molecule has 2 heteroatoms. The number of nitrogens with one attached hydrogen (secondary N) is 1. The quantitative estimate of drug-likeness (QED) is 0.839. The van der Waals surface area contributed by atoms with E-state index in [9.17, 15) is 0 Å². The maximum absolute atomic E-state index is 6.47. The van der Waals surface area contributed by atoms with Crippen LogP contribution in [0.15, 0.2) is 0 Å². The molecule has 2 bridgehead atoms. The van der Waals surface area contributed by atoms with Crippen LogP contribution in [0.3, 0.4) is 0 Å². The van der Waals surface area contributed by atoms with E-state index in [0.29, 0.717) is 11.7 Å². The summed E-state index contributed by atoms with van der Waals surface area (Å²) in [6, 6.07) is 0.824. The molecule has 1 spiro atoms. The van der Waals surface area contributed by atoms with Gasteiger partial charge in [0, 0.05) is 12.6 Å². The number of ether oxygens (including phenoxy) is 1. The molecule has 0 aromatic carbocycles. The minimum atomic E-state index is 0.305. The Morgan fingerprint density at radius 3 is 2.58 bits per heavy atom. The molecule has 0 amide bonds. The maximum Gasteiger partial charge on any atom is 0.0708 e. The molecule has 108 valence electrons. The predicted molar refractivity (Wildman–Crippen MR) is 77.2 cm³/mol. The van der Waals surface area contributed by atoms with Crippen LogP contribution in [0.4, 0.5) is 0 Å². The zero-order valence-corrected chi connectivity index (χ0v) is 12.2. The van der Waals surface area contributed by atoms with Gasteiger partial charge in [-0.25, -0.2) is 0 Å². The van der Waals surface area contributed by atoms with Crippen molar-refractivity contribution in [1.29, 1.82) is 0 Å². The lowest BCUT2D eigenvalue weighted by molar-refractivity contribution is -0.0632. The highest BCUT2D eigenvalue weighted by Gasteiger charge is 2.42. The fraction of sp³-hybridized carbons (Fsp3) is 1.00. The highest BCUT2D eigenvalue weighted by atomic mass is 16.5. The largest absolute Gasteiger partial charge is 0.370 e. The van der Waals surface area contributed by atoms with Crippen LogP contribution in [0.1, 0.15) is 70.6 Å². The average Bonchev–Trinajstić information content (AvgIpc) is 3.13. The van der Waals surface area contributed by atoms with Crippen LogP contribution in [-0.2, 0) is 4.74 Å². The number of fused-ring (bicyclic) bond motifs is 2. The predicted octanol–water partition coefficient (Wildman–Crippen LogP) is 3.65. The molecule has 19 heavy (non-hydrogen) atoms. The first-order chi connectivity index (χ1) is 9.33. The number of rotatable bonds is 3. The molecule has 4 aliphatic rings. The van der Waals surface area contributed by atoms with Gasteiger partial charge in [0.1, 0.15) is 0 Å². The Labute approximate surface area is 117 Å². The second kappa shape index (κ2) is 5.04. The fourth-order valence-corrected chi connectivity index (χ4v) is 5.38. The van der Waals surface area contributed by atoms with E-state index in [2.05, 4.69) is 5.32 Å². The Morgan fingerprint density at radius 1 is 0.947 bits per heavy atom. The summed E-state index contributed by atoms with van der Waals surface area (Å²) in [5.74, 6) is 2.05. The molecule has 4 rings (SSSR count). The summed E-state index contributed by atoms with van der Waals surface area (Å²) >= 11 is 0. The summed E-state index contributed by atoms with van der Waals surface area (Å²) < 4.78 is 6.47. The molecule has 4 atom stereocenters. The summed E-state index contributed by atoms with van der Waals surface area (Å²) in [5.41, 5.74) is 0.305. The molecule has 1 heterocycles. The molecular formula is C17H29NO. The van der Waals surface area contributed by atoms with Crippen LogP contribution in [-0.4, -0.2) is 24.3 Å². The summed E-state index contributed by atoms with van der Waals surface area (Å²) in [6.45, 7) is 1.12. The van der Waals surface area contributed by atoms with E-state index >= 15 is 0 Å². The standard InChI is InChI=1S/C17H29NO/c1-2-7-17(8-3-1)9-6-15(19-17)12-18-16-11-13-4-5-14(16)10-13/h13-16,18H,1-12H2. The van der Waals surface area contributed by atoms with Crippen LogP contribution in [0, 0.1) is 11.8 Å². The zero-order valence-electron chi connectivity index (χ0n) is 12.2. The van der Waals surface area contributed by atoms with Crippen molar-refractivity contribution in [3.8, 4) is 0 Å². The number of hydrogen-bond donors (Lipinski definition) is 1. The maximum atomic E-state index is 6.47. The minimum Gasteiger partial charge on any atom is -0.370 e. The summed E-state index contributed by atoms with van der Waals surface area (Å²) in [7, 11) is 0. The topological polar surface area (TPSA) is 21.3 Å². The van der Waals surface area contributed by atoms with Gasteiger partial charge in [-0.1, -0.05) is 25.7 Å². The Kier molecular flexibility index (Phi) is 3.35. The van der Waals surface area contributed by atoms with E-state index in [-0.39, 0.29) is 0 Å². The van der Waals surface area contributed by atoms with E-state index in [1.165, 1.54) is 70.6 Å². The first kappa shape index (κ1) is 12.6. The SMILES string of the molecule is C1CCC2(CC1)CCC(CNC1CC3CCC1C3)O2. The normalized spacial score (nSPS) is 44.2. The smallest absolute Gasteiger partial charge is 0.0708 e. The van der Waals surface area contributed by atoms with Gasteiger partial charge in [-0.2, -0.15) is 0 Å². The lowest BCUT2D eigenvalue weighted by atomic mass is 9.83. The fourth-order valence-electron chi connectivity index (χ4n) is 5.38. The van der Waals surface area contributed by atoms with Gasteiger partial charge in [0.15, 0.2) is 0 Å². The molecule has 2 nitrogen and oxygen atoms in total. The molecule has 0 aromatic rings. The third-order valence-corrected chi connectivity index (χ3v) is 6.45. The first-order valence-corrected chi connectivity index (χ1v) is 8.74. The van der Waals surface area contributed by atoms with Crippen molar-refractivity contribution in [3.63, 3.8) is 0 Å². The van der Waals surface area contributed by atoms with Gasteiger partial charge in [-0.05, 0) is 56.8 Å². The number of hydrogen-bond acceptors (Lipinski definition) is 2. The minimum absolute atomic E-state index is 0.305. The first-order valence-electron chi connectivity index (χ1n) is 8.74. The summed E-state index contributed by atoms with van der Waals surface area (Å²) in [5, 5.41) is 3.85. The second-order valence-electron chi connectivity index (χ2n) is 7.71. The van der Waals surface area contributed by atoms with Gasteiger partial charge in [0.05, 0.1) is 11.7 Å². The molecule has 4 fully saturated rings. The lowest BCUT2D eigenvalue weighted by Gasteiger charge is -2.33. The van der Waals surface area contributed by atoms with Gasteiger partial charge in [-0.15, -0.1) is 0 Å². The molecular weight excluding hydrogens is 234 g/mol. The highest BCUT2D eigenvalue weighted by Crippen LogP contribution is 2.45. The molecule has 3 aliphatic carbocycles. The third-order valence-electron chi connectivity index (χ3n) is 6.45. The van der Waals surface area contributed by atoms with E-state index in [1.54, 1.807) is 0 Å². The van der Waals surface area contributed by atoms with Gasteiger partial charge >= 0.3 is 0 Å². The third kappa shape index (κ3) is 2.47. The zero-order chi connectivity index (χ0) is 12.7. The van der Waals surface area contributed by atoms with Gasteiger partial charge in [0.25, 0.3) is 0 Å². The highest BCUT2D eigenvalue weighted by molar-refractivity contribution is 4.96. The molecule has 1 N–H and O–H groups in total. The van der Waals surface area contributed by atoms with Gasteiger partial charge in [-0.3, -0.25) is 0 Å². The van der Waals surface area contributed by atoms with E-state index in [4.69, 9.17) is 4.74 Å². The van der Waals surface area contributed by atoms with Crippen molar-refractivity contribution in [3.05, 3.63) is 0 Å². The van der Waals surface area contributed by atoms with E-state index in [0.717, 1.165) is 24.4 Å². The van der Waals surface area contributed by atoms with Crippen LogP contribution in [0.25, 0.3) is 0 Å². The Hall–Kier alpha value is -0.0800. The lowest BCUT2D eigenvalue weighted by Crippen LogP contribution is -2.40.